The fourth-order valence-electron chi connectivity index (χ4n) is 10.3. The van der Waals surface area contributed by atoms with Gasteiger partial charge in [-0.25, -0.2) is 0 Å². The van der Waals surface area contributed by atoms with Crippen LogP contribution >= 0.6 is 17.0 Å². The predicted molar refractivity (Wildman–Crippen MR) is 241 cm³/mol. The van der Waals surface area contributed by atoms with E-state index < -0.39 is 21.5 Å². The van der Waals surface area contributed by atoms with Gasteiger partial charge in [-0.2, -0.15) is 0 Å². The Labute approximate surface area is 342 Å². The quantitative estimate of drug-likeness (QED) is 0.114. The Bertz CT molecular complexity index is 2330. The third-order valence-electron chi connectivity index (χ3n) is 13.5. The molecule has 0 amide bonds. The van der Waals surface area contributed by atoms with Crippen LogP contribution in [0.2, 0.25) is 13.1 Å². The Kier molecular flexibility index (Phi) is 9.46. The van der Waals surface area contributed by atoms with Crippen LogP contribution in [0.4, 0.5) is 0 Å². The zero-order valence-corrected chi connectivity index (χ0v) is 37.5. The molecule has 4 aliphatic carbocycles. The van der Waals surface area contributed by atoms with Gasteiger partial charge in [0.1, 0.15) is 0 Å². The van der Waals surface area contributed by atoms with Gasteiger partial charge in [0, 0.05) is 0 Å². The van der Waals surface area contributed by atoms with E-state index in [4.69, 9.17) is 0 Å². The van der Waals surface area contributed by atoms with E-state index in [1.165, 1.54) is 104 Å². The Morgan fingerprint density at radius 1 is 0.446 bits per heavy atom. The summed E-state index contributed by atoms with van der Waals surface area (Å²) in [4.78, 5) is 0. The summed E-state index contributed by atoms with van der Waals surface area (Å²) in [7, 11) is 18.5. The second kappa shape index (κ2) is 14.4. The number of hydrogen-bond acceptors (Lipinski definition) is 0. The summed E-state index contributed by atoms with van der Waals surface area (Å²) in [5.74, 6) is -0.396. The monoisotopic (exact) mass is 861 g/mol. The first-order valence-electron chi connectivity index (χ1n) is 20.8. The van der Waals surface area contributed by atoms with Gasteiger partial charge in [-0.1, -0.05) is 0 Å². The third kappa shape index (κ3) is 6.26. The summed E-state index contributed by atoms with van der Waals surface area (Å²) in [6.07, 6.45) is 12.5. The molecule has 0 spiro atoms. The second-order valence-corrected chi connectivity index (χ2v) is 59.9. The summed E-state index contributed by atoms with van der Waals surface area (Å²) < 4.78 is 0.0620. The average Bonchev–Trinajstić information content (AvgIpc) is 4.15. The Morgan fingerprint density at radius 3 is 1.05 bits per heavy atom. The van der Waals surface area contributed by atoms with Gasteiger partial charge in [0.15, 0.2) is 0 Å². The first kappa shape index (κ1) is 36.8. The molecular weight excluding hydrogens is 815 g/mol. The average molecular weight is 864 g/mol. The first-order chi connectivity index (χ1) is 27.3. The van der Waals surface area contributed by atoms with Crippen LogP contribution in [0.3, 0.4) is 0 Å². The van der Waals surface area contributed by atoms with Crippen LogP contribution in [0.15, 0.2) is 157 Å². The van der Waals surface area contributed by atoms with Crippen molar-refractivity contribution < 1.29 is 15.6 Å². The van der Waals surface area contributed by atoms with Crippen molar-refractivity contribution in [1.29, 1.82) is 0 Å². The molecule has 0 radical (unpaired) electrons. The van der Waals surface area contributed by atoms with Crippen molar-refractivity contribution in [2.24, 2.45) is 11.8 Å². The van der Waals surface area contributed by atoms with Gasteiger partial charge in [0.05, 0.1) is 0 Å². The normalized spacial score (nSPS) is 19.6. The number of rotatable bonds is 11. The van der Waals surface area contributed by atoms with E-state index in [1.807, 2.05) is 0 Å². The number of allylic oxidation sites excluding steroid dienone is 2. The fraction of sp³-hybridized carbons (Fsp3) is 0.231. The molecule has 0 aliphatic heterocycles. The standard InChI is InChI=1S/2C25H21.C2H7Si.2ClH.Zr/c2*1-3-7-20(8-4-1)22-13-14-23(21-9-5-2-6-10-21)25-17-19(16-24(22)25)15-18-11-12-18;1-3-2;;;/h2*1-10,13-14,16-18H,11-12,15H2;3H,1-2H3;2*1H;/q;;;;;+2/p-2. The van der Waals surface area contributed by atoms with Crippen molar-refractivity contribution >= 4 is 35.1 Å². The molecule has 2 saturated carbocycles. The van der Waals surface area contributed by atoms with Gasteiger partial charge in [-0.15, -0.1) is 0 Å². The van der Waals surface area contributed by atoms with Crippen LogP contribution in [0, 0.1) is 11.8 Å². The van der Waals surface area contributed by atoms with Crippen LogP contribution in [0.5, 0.6) is 0 Å². The van der Waals surface area contributed by atoms with Gasteiger partial charge in [0.2, 0.25) is 0 Å². The van der Waals surface area contributed by atoms with Crippen molar-refractivity contribution in [3.05, 3.63) is 179 Å². The maximum atomic E-state index is 9.27. The molecule has 2 fully saturated rings. The Morgan fingerprint density at radius 2 is 0.750 bits per heavy atom. The van der Waals surface area contributed by atoms with Gasteiger partial charge in [-0.3, -0.25) is 0 Å². The summed E-state index contributed by atoms with van der Waals surface area (Å²) in [5, 5.41) is 0. The van der Waals surface area contributed by atoms with Crippen molar-refractivity contribution in [2.75, 3.05) is 0 Å². The molecule has 2 unspecified atom stereocenters. The second-order valence-electron chi connectivity index (χ2n) is 17.4. The molecule has 0 N–H and O–H groups in total. The van der Waals surface area contributed by atoms with E-state index in [9.17, 15) is 17.0 Å². The molecule has 2 atom stereocenters. The maximum absolute atomic E-state index is 9.27. The molecule has 10 rings (SSSR count). The summed E-state index contributed by atoms with van der Waals surface area (Å²) in [6, 6.07) is 53.7. The molecule has 0 heterocycles. The number of fused-ring (bicyclic) bond motifs is 2. The number of hydrogen-bond donors (Lipinski definition) is 0. The molecule has 6 aromatic rings. The van der Waals surface area contributed by atoms with Crippen molar-refractivity contribution in [2.45, 2.75) is 58.9 Å². The molecule has 4 aliphatic rings. The Balaban J connectivity index is 1.29. The molecular formula is C52H49Cl2SiZr. The topological polar surface area (TPSA) is 0 Å². The SMILES string of the molecule is C[SiH](C)[Zr]([Cl])([Cl])([CH]1C(CC2CC2)=Cc2c(-c3ccccc3)ccc(-c3ccccc3)c21)[CH]1C(CC2CC2)=Cc2c(-c3ccccc3)ccc(-c3ccccc3)c21. The first-order valence-corrected chi connectivity index (χ1v) is 37.1. The van der Waals surface area contributed by atoms with Crippen molar-refractivity contribution in [3.8, 4) is 44.5 Å². The zero-order valence-electron chi connectivity index (χ0n) is 32.4. The van der Waals surface area contributed by atoms with Crippen LogP contribution in [-0.2, 0) is 15.6 Å². The van der Waals surface area contributed by atoms with Crippen LogP contribution in [0.1, 0.15) is 68.0 Å². The van der Waals surface area contributed by atoms with E-state index in [2.05, 4.69) is 171 Å². The minimum absolute atomic E-state index is 0.0310. The molecule has 0 nitrogen and oxygen atoms in total. The van der Waals surface area contributed by atoms with E-state index in [-0.39, 0.29) is 7.25 Å². The molecule has 0 saturated heterocycles. The number of halogens is 2. The third-order valence-corrected chi connectivity index (χ3v) is 65.3. The fourth-order valence-corrected chi connectivity index (χ4v) is 41.4. The molecule has 0 aromatic heterocycles. The van der Waals surface area contributed by atoms with E-state index in [1.54, 1.807) is 0 Å². The Hall–Kier alpha value is -3.52. The summed E-state index contributed by atoms with van der Waals surface area (Å²) in [5.41, 5.74) is 18.7. The van der Waals surface area contributed by atoms with Crippen LogP contribution in [0.25, 0.3) is 56.7 Å². The van der Waals surface area contributed by atoms with Crippen LogP contribution < -0.4 is 0 Å². The van der Waals surface area contributed by atoms with E-state index >= 15 is 0 Å². The van der Waals surface area contributed by atoms with E-state index in [0.717, 1.165) is 12.8 Å². The molecule has 4 heteroatoms. The predicted octanol–water partition coefficient (Wildman–Crippen LogP) is 15.5. The number of benzene rings is 6. The molecule has 6 aromatic carbocycles. The van der Waals surface area contributed by atoms with Crippen molar-refractivity contribution in [3.63, 3.8) is 0 Å². The summed E-state index contributed by atoms with van der Waals surface area (Å²) in [6.45, 7) is 5.05. The molecule has 279 valence electrons. The molecule has 56 heavy (non-hydrogen) atoms. The minimum atomic E-state index is -5.22. The van der Waals surface area contributed by atoms with Gasteiger partial charge < -0.3 is 0 Å². The van der Waals surface area contributed by atoms with E-state index in [0.29, 0.717) is 11.8 Å². The van der Waals surface area contributed by atoms with Crippen molar-refractivity contribution in [1.82, 2.24) is 0 Å². The van der Waals surface area contributed by atoms with Gasteiger partial charge >= 0.3 is 345 Å². The van der Waals surface area contributed by atoms with Gasteiger partial charge in [0.25, 0.3) is 0 Å². The van der Waals surface area contributed by atoms with Crippen LogP contribution in [-0.4, -0.2) is 5.92 Å². The molecule has 0 bridgehead atoms. The van der Waals surface area contributed by atoms with Gasteiger partial charge in [-0.05, 0) is 0 Å². The zero-order chi connectivity index (χ0) is 38.0. The summed E-state index contributed by atoms with van der Waals surface area (Å²) >= 11 is -5.22.